The maximum absolute atomic E-state index is 13.3. The highest BCUT2D eigenvalue weighted by Crippen LogP contribution is 2.37. The highest BCUT2D eigenvalue weighted by molar-refractivity contribution is 7.18. The molecule has 8 heteroatoms. The number of benzene rings is 2. The van der Waals surface area contributed by atoms with Crippen LogP contribution in [-0.4, -0.2) is 38.7 Å². The molecule has 0 aliphatic carbocycles. The Balaban J connectivity index is 1.33. The Bertz CT molecular complexity index is 1270. The van der Waals surface area contributed by atoms with Crippen LogP contribution in [0.1, 0.15) is 34.4 Å². The van der Waals surface area contributed by atoms with Crippen LogP contribution in [0.2, 0.25) is 0 Å². The van der Waals surface area contributed by atoms with E-state index in [4.69, 9.17) is 9.72 Å². The molecule has 32 heavy (non-hydrogen) atoms. The van der Waals surface area contributed by atoms with E-state index in [0.29, 0.717) is 6.54 Å². The lowest BCUT2D eigenvalue weighted by molar-refractivity contribution is 0.0726. The first kappa shape index (κ1) is 20.4. The number of likely N-dealkylation sites (tertiary alicyclic amines) is 1. The number of para-hydroxylation sites is 2. The SMILES string of the molecule is O=C(c1ccc(=O)n(CCOc2ccccc2)n1)N1CCC[C@H]1c1nc2ccccc2s1. The van der Waals surface area contributed by atoms with Gasteiger partial charge in [-0.1, -0.05) is 30.3 Å². The number of amides is 1. The van der Waals surface area contributed by atoms with Crippen molar-refractivity contribution in [2.24, 2.45) is 0 Å². The van der Waals surface area contributed by atoms with Gasteiger partial charge in [-0.25, -0.2) is 9.67 Å². The Hall–Kier alpha value is -3.52. The summed E-state index contributed by atoms with van der Waals surface area (Å²) in [6, 6.07) is 20.2. The van der Waals surface area contributed by atoms with Gasteiger partial charge in [0, 0.05) is 12.6 Å². The van der Waals surface area contributed by atoms with Crippen LogP contribution in [-0.2, 0) is 6.54 Å². The second-order valence-electron chi connectivity index (χ2n) is 7.62. The van der Waals surface area contributed by atoms with Crippen LogP contribution in [0, 0.1) is 0 Å². The molecule has 0 radical (unpaired) electrons. The van der Waals surface area contributed by atoms with E-state index in [9.17, 15) is 9.59 Å². The number of ether oxygens (including phenoxy) is 1. The average Bonchev–Trinajstić information content (AvgIpc) is 3.47. The highest BCUT2D eigenvalue weighted by Gasteiger charge is 2.33. The molecule has 3 heterocycles. The molecule has 1 saturated heterocycles. The minimum absolute atomic E-state index is 0.0662. The van der Waals surface area contributed by atoms with E-state index in [1.165, 1.54) is 16.8 Å². The number of hydrogen-bond donors (Lipinski definition) is 0. The van der Waals surface area contributed by atoms with Crippen molar-refractivity contribution >= 4 is 27.5 Å². The van der Waals surface area contributed by atoms with Gasteiger partial charge in [0.25, 0.3) is 11.5 Å². The molecule has 0 unspecified atom stereocenters. The van der Waals surface area contributed by atoms with Gasteiger partial charge in [0.2, 0.25) is 0 Å². The topological polar surface area (TPSA) is 77.3 Å². The fourth-order valence-corrected chi connectivity index (χ4v) is 5.05. The van der Waals surface area contributed by atoms with Gasteiger partial charge in [-0.15, -0.1) is 11.3 Å². The van der Waals surface area contributed by atoms with Crippen LogP contribution in [0.4, 0.5) is 0 Å². The van der Waals surface area contributed by atoms with Crippen molar-refractivity contribution in [3.63, 3.8) is 0 Å². The molecule has 2 aromatic heterocycles. The molecule has 4 aromatic rings. The van der Waals surface area contributed by atoms with E-state index in [-0.39, 0.29) is 36.4 Å². The monoisotopic (exact) mass is 446 g/mol. The fraction of sp³-hybridized carbons (Fsp3) is 0.250. The second-order valence-corrected chi connectivity index (χ2v) is 8.68. The van der Waals surface area contributed by atoms with Gasteiger partial charge in [0.15, 0.2) is 0 Å². The van der Waals surface area contributed by atoms with Gasteiger partial charge in [-0.05, 0) is 43.2 Å². The van der Waals surface area contributed by atoms with E-state index in [0.717, 1.165) is 33.8 Å². The van der Waals surface area contributed by atoms with Crippen molar-refractivity contribution in [1.29, 1.82) is 0 Å². The summed E-state index contributed by atoms with van der Waals surface area (Å²) < 4.78 is 8.07. The summed E-state index contributed by atoms with van der Waals surface area (Å²) in [4.78, 5) is 32.1. The molecule has 0 N–H and O–H groups in total. The molecule has 0 bridgehead atoms. The average molecular weight is 447 g/mol. The first-order valence-corrected chi connectivity index (χ1v) is 11.4. The zero-order valence-corrected chi connectivity index (χ0v) is 18.2. The smallest absolute Gasteiger partial charge is 0.274 e. The van der Waals surface area contributed by atoms with Gasteiger partial charge in [0.05, 0.1) is 22.8 Å². The van der Waals surface area contributed by atoms with Crippen LogP contribution >= 0.6 is 11.3 Å². The molecule has 2 aromatic carbocycles. The molecule has 5 rings (SSSR count). The van der Waals surface area contributed by atoms with Crippen molar-refractivity contribution in [3.8, 4) is 5.75 Å². The number of thiazole rings is 1. The van der Waals surface area contributed by atoms with Crippen LogP contribution in [0.3, 0.4) is 0 Å². The van der Waals surface area contributed by atoms with Gasteiger partial charge in [-0.3, -0.25) is 9.59 Å². The predicted molar refractivity (Wildman–Crippen MR) is 123 cm³/mol. The van der Waals surface area contributed by atoms with Gasteiger partial charge in [-0.2, -0.15) is 5.10 Å². The van der Waals surface area contributed by atoms with Crippen LogP contribution in [0.5, 0.6) is 5.75 Å². The lowest BCUT2D eigenvalue weighted by atomic mass is 10.2. The molecule has 162 valence electrons. The normalized spacial score (nSPS) is 15.9. The summed E-state index contributed by atoms with van der Waals surface area (Å²) in [5, 5.41) is 5.28. The van der Waals surface area contributed by atoms with Crippen molar-refractivity contribution in [1.82, 2.24) is 19.7 Å². The number of fused-ring (bicyclic) bond motifs is 1. The lowest BCUT2D eigenvalue weighted by Gasteiger charge is -2.22. The summed E-state index contributed by atoms with van der Waals surface area (Å²) in [5.74, 6) is 0.549. The minimum Gasteiger partial charge on any atom is -0.492 e. The second kappa shape index (κ2) is 8.92. The maximum Gasteiger partial charge on any atom is 0.274 e. The quantitative estimate of drug-likeness (QED) is 0.449. The summed E-state index contributed by atoms with van der Waals surface area (Å²) >= 11 is 1.63. The third kappa shape index (κ3) is 4.13. The fourth-order valence-electron chi connectivity index (χ4n) is 3.94. The van der Waals surface area contributed by atoms with Crippen molar-refractivity contribution in [2.45, 2.75) is 25.4 Å². The zero-order chi connectivity index (χ0) is 21.9. The van der Waals surface area contributed by atoms with Crippen molar-refractivity contribution < 1.29 is 9.53 Å². The third-order valence-electron chi connectivity index (χ3n) is 5.51. The molecule has 1 aliphatic heterocycles. The molecule has 0 saturated carbocycles. The molecule has 1 atom stereocenters. The van der Waals surface area contributed by atoms with Gasteiger partial charge in [0.1, 0.15) is 23.1 Å². The largest absolute Gasteiger partial charge is 0.492 e. The Labute approximate surface area is 188 Å². The Kier molecular flexibility index (Phi) is 5.68. The standard InChI is InChI=1S/C24H22N4O3S/c29-22-13-12-19(26-28(22)15-16-31-17-7-2-1-3-8-17)24(30)27-14-6-10-20(27)23-25-18-9-4-5-11-21(18)32-23/h1-5,7-9,11-13,20H,6,10,14-16H2/t20-/m0/s1. The predicted octanol–water partition coefficient (Wildman–Crippen LogP) is 3.91. The number of aromatic nitrogens is 3. The number of nitrogens with zero attached hydrogens (tertiary/aromatic N) is 4. The molecule has 1 fully saturated rings. The summed E-state index contributed by atoms with van der Waals surface area (Å²) in [6.07, 6.45) is 1.78. The molecule has 1 amide bonds. The Morgan fingerprint density at radius 3 is 2.72 bits per heavy atom. The number of carbonyl (C=O) groups excluding carboxylic acids is 1. The third-order valence-corrected chi connectivity index (χ3v) is 6.65. The van der Waals surface area contributed by atoms with Crippen LogP contribution < -0.4 is 10.3 Å². The Morgan fingerprint density at radius 1 is 1.06 bits per heavy atom. The minimum atomic E-state index is -0.262. The Morgan fingerprint density at radius 2 is 1.88 bits per heavy atom. The van der Waals surface area contributed by atoms with E-state index in [1.54, 1.807) is 11.3 Å². The maximum atomic E-state index is 13.3. The van der Waals surface area contributed by atoms with Gasteiger partial charge >= 0.3 is 0 Å². The molecule has 1 aliphatic rings. The number of carbonyl (C=O) groups is 1. The first-order valence-electron chi connectivity index (χ1n) is 10.6. The molecule has 0 spiro atoms. The molecule has 7 nitrogen and oxygen atoms in total. The first-order chi connectivity index (χ1) is 15.7. The van der Waals surface area contributed by atoms with Crippen molar-refractivity contribution in [2.75, 3.05) is 13.2 Å². The van der Waals surface area contributed by atoms with E-state index in [1.807, 2.05) is 59.5 Å². The number of hydrogen-bond acceptors (Lipinski definition) is 6. The van der Waals surface area contributed by atoms with Crippen molar-refractivity contribution in [3.05, 3.63) is 87.8 Å². The summed E-state index contributed by atoms with van der Waals surface area (Å²) in [7, 11) is 0. The summed E-state index contributed by atoms with van der Waals surface area (Å²) in [6.45, 7) is 1.19. The van der Waals surface area contributed by atoms with Crippen LogP contribution in [0.25, 0.3) is 10.2 Å². The molecular weight excluding hydrogens is 424 g/mol. The van der Waals surface area contributed by atoms with E-state index in [2.05, 4.69) is 5.10 Å². The summed E-state index contributed by atoms with van der Waals surface area (Å²) in [5.41, 5.74) is 0.955. The highest BCUT2D eigenvalue weighted by atomic mass is 32.1. The van der Waals surface area contributed by atoms with E-state index >= 15 is 0 Å². The van der Waals surface area contributed by atoms with E-state index < -0.39 is 0 Å². The van der Waals surface area contributed by atoms with Gasteiger partial charge < -0.3 is 9.64 Å². The molecular formula is C24H22N4O3S. The number of rotatable bonds is 6. The lowest BCUT2D eigenvalue weighted by Crippen LogP contribution is -2.34. The van der Waals surface area contributed by atoms with Crippen LogP contribution in [0.15, 0.2) is 71.5 Å². The zero-order valence-electron chi connectivity index (χ0n) is 17.4.